The van der Waals surface area contributed by atoms with Crippen LogP contribution in [0.2, 0.25) is 0 Å². The highest BCUT2D eigenvalue weighted by Crippen LogP contribution is 2.40. The summed E-state index contributed by atoms with van der Waals surface area (Å²) in [4.78, 5) is 0. The fourth-order valence-corrected chi connectivity index (χ4v) is 4.53. The Bertz CT molecular complexity index is 1010. The lowest BCUT2D eigenvalue weighted by atomic mass is 10.0. The van der Waals surface area contributed by atoms with Crippen LogP contribution in [0.4, 0.5) is 4.39 Å². The molecule has 29 heavy (non-hydrogen) atoms. The lowest BCUT2D eigenvalue weighted by Gasteiger charge is -2.33. The monoisotopic (exact) mass is 395 g/mol. The molecule has 1 aliphatic carbocycles. The first kappa shape index (κ1) is 18.8. The summed E-state index contributed by atoms with van der Waals surface area (Å²) in [7, 11) is 0. The molecule has 2 fully saturated rings. The highest BCUT2D eigenvalue weighted by Gasteiger charge is 2.30. The Morgan fingerprint density at radius 1 is 1.07 bits per heavy atom. The molecule has 5 rings (SSSR count). The molecule has 1 aliphatic heterocycles. The zero-order chi connectivity index (χ0) is 20.0. The number of hydrogen-bond acceptors (Lipinski definition) is 3. The topological polar surface area (TPSA) is 54.6 Å². The van der Waals surface area contributed by atoms with Crippen LogP contribution in [-0.2, 0) is 11.2 Å². The molecule has 2 aliphatic rings. The number of benzene rings is 2. The zero-order valence-electron chi connectivity index (χ0n) is 16.3. The van der Waals surface area contributed by atoms with Gasteiger partial charge in [-0.05, 0) is 54.0 Å². The second-order valence-electron chi connectivity index (χ2n) is 8.41. The number of aliphatic hydroxyl groups excluding tert-OH is 2. The Morgan fingerprint density at radius 3 is 2.59 bits per heavy atom. The minimum Gasteiger partial charge on any atom is -0.394 e. The van der Waals surface area contributed by atoms with Crippen molar-refractivity contribution < 1.29 is 19.3 Å². The van der Waals surface area contributed by atoms with E-state index >= 15 is 0 Å². The number of aliphatic hydroxyl groups is 2. The number of nitrogens with zero attached hydrogens (tertiary/aromatic N) is 1. The third-order valence-electron chi connectivity index (χ3n) is 6.18. The first-order valence-corrected chi connectivity index (χ1v) is 10.4. The number of ether oxygens (including phenoxy) is 1. The summed E-state index contributed by atoms with van der Waals surface area (Å²) in [5, 5.41) is 20.3. The SMILES string of the molecule is OCC1CC(O)CC(n2cc(Cc3ccc(C4CC4)cc3)c3c(F)cccc32)O1. The molecule has 0 amide bonds. The van der Waals surface area contributed by atoms with Crippen molar-refractivity contribution in [3.05, 3.63) is 71.2 Å². The van der Waals surface area contributed by atoms with Crippen LogP contribution in [0, 0.1) is 5.82 Å². The van der Waals surface area contributed by atoms with Crippen molar-refractivity contribution in [1.82, 2.24) is 4.57 Å². The van der Waals surface area contributed by atoms with Gasteiger partial charge in [-0.25, -0.2) is 4.39 Å². The van der Waals surface area contributed by atoms with Gasteiger partial charge < -0.3 is 19.5 Å². The Hall–Kier alpha value is -2.21. The molecule has 152 valence electrons. The van der Waals surface area contributed by atoms with Crippen LogP contribution >= 0.6 is 0 Å². The molecule has 3 aromatic rings. The molecule has 2 heterocycles. The maximum Gasteiger partial charge on any atom is 0.136 e. The molecule has 3 atom stereocenters. The van der Waals surface area contributed by atoms with Gasteiger partial charge in [0.05, 0.1) is 24.3 Å². The summed E-state index contributed by atoms with van der Waals surface area (Å²) in [5.41, 5.74) is 4.20. The van der Waals surface area contributed by atoms with Crippen LogP contribution in [0.15, 0.2) is 48.7 Å². The minimum absolute atomic E-state index is 0.138. The number of rotatable bonds is 5. The molecule has 5 heteroatoms. The normalized spacial score (nSPS) is 24.9. The minimum atomic E-state index is -0.546. The van der Waals surface area contributed by atoms with Crippen molar-refractivity contribution in [2.75, 3.05) is 6.61 Å². The number of halogens is 1. The van der Waals surface area contributed by atoms with E-state index in [9.17, 15) is 14.6 Å². The highest BCUT2D eigenvalue weighted by atomic mass is 19.1. The van der Waals surface area contributed by atoms with Crippen LogP contribution in [-0.4, -0.2) is 33.6 Å². The average molecular weight is 395 g/mol. The Kier molecular flexibility index (Phi) is 4.90. The van der Waals surface area contributed by atoms with Crippen LogP contribution < -0.4 is 0 Å². The van der Waals surface area contributed by atoms with Gasteiger partial charge >= 0.3 is 0 Å². The predicted molar refractivity (Wildman–Crippen MR) is 109 cm³/mol. The van der Waals surface area contributed by atoms with E-state index in [1.54, 1.807) is 6.07 Å². The van der Waals surface area contributed by atoms with Gasteiger partial charge in [-0.1, -0.05) is 30.3 Å². The maximum absolute atomic E-state index is 14.8. The molecule has 0 radical (unpaired) electrons. The van der Waals surface area contributed by atoms with E-state index in [2.05, 4.69) is 24.3 Å². The molecule has 2 aromatic carbocycles. The Morgan fingerprint density at radius 2 is 1.86 bits per heavy atom. The van der Waals surface area contributed by atoms with Gasteiger partial charge in [0.1, 0.15) is 12.0 Å². The van der Waals surface area contributed by atoms with Crippen molar-refractivity contribution in [3.8, 4) is 0 Å². The molecule has 4 nitrogen and oxygen atoms in total. The zero-order valence-corrected chi connectivity index (χ0v) is 16.3. The average Bonchev–Trinajstić information content (AvgIpc) is 3.50. The second-order valence-corrected chi connectivity index (χ2v) is 8.41. The summed E-state index contributed by atoms with van der Waals surface area (Å²) in [6.45, 7) is -0.138. The molecule has 2 N–H and O–H groups in total. The molecule has 1 saturated carbocycles. The van der Waals surface area contributed by atoms with E-state index in [-0.39, 0.29) is 12.4 Å². The van der Waals surface area contributed by atoms with E-state index in [4.69, 9.17) is 4.74 Å². The second kappa shape index (κ2) is 7.56. The highest BCUT2D eigenvalue weighted by molar-refractivity contribution is 5.85. The van der Waals surface area contributed by atoms with Gasteiger partial charge in [0, 0.05) is 24.4 Å². The van der Waals surface area contributed by atoms with E-state index in [0.717, 1.165) is 22.6 Å². The summed E-state index contributed by atoms with van der Waals surface area (Å²) >= 11 is 0. The van der Waals surface area contributed by atoms with Crippen LogP contribution in [0.5, 0.6) is 0 Å². The molecule has 1 aromatic heterocycles. The first-order chi connectivity index (χ1) is 14.1. The van der Waals surface area contributed by atoms with Gasteiger partial charge in [0.15, 0.2) is 0 Å². The molecule has 0 bridgehead atoms. The third-order valence-corrected chi connectivity index (χ3v) is 6.18. The quantitative estimate of drug-likeness (QED) is 0.678. The lowest BCUT2D eigenvalue weighted by molar-refractivity contribution is -0.140. The fraction of sp³-hybridized carbons (Fsp3) is 0.417. The van der Waals surface area contributed by atoms with Gasteiger partial charge in [-0.15, -0.1) is 0 Å². The van der Waals surface area contributed by atoms with Crippen LogP contribution in [0.1, 0.15) is 54.5 Å². The maximum atomic E-state index is 14.8. The van der Waals surface area contributed by atoms with Gasteiger partial charge in [0.25, 0.3) is 0 Å². The first-order valence-electron chi connectivity index (χ1n) is 10.4. The van der Waals surface area contributed by atoms with Crippen LogP contribution in [0.3, 0.4) is 0 Å². The fourth-order valence-electron chi connectivity index (χ4n) is 4.53. The van der Waals surface area contributed by atoms with Crippen molar-refractivity contribution >= 4 is 10.9 Å². The van der Waals surface area contributed by atoms with Gasteiger partial charge in [-0.3, -0.25) is 0 Å². The number of hydrogen-bond donors (Lipinski definition) is 2. The summed E-state index contributed by atoms with van der Waals surface area (Å²) in [6, 6.07) is 13.7. The molecule has 0 spiro atoms. The Labute approximate surface area is 169 Å². The van der Waals surface area contributed by atoms with E-state index in [0.29, 0.717) is 24.6 Å². The standard InChI is InChI=1S/C24H26FNO3/c25-21-2-1-3-22-24(21)18(10-15-4-6-16(7-5-15)17-8-9-17)13-26(22)23-12-19(28)11-20(14-27)29-23/h1-7,13,17,19-20,23,27-28H,8-12,14H2. The van der Waals surface area contributed by atoms with Gasteiger partial charge in [-0.2, -0.15) is 0 Å². The van der Waals surface area contributed by atoms with E-state index < -0.39 is 18.4 Å². The smallest absolute Gasteiger partial charge is 0.136 e. The van der Waals surface area contributed by atoms with E-state index in [1.165, 1.54) is 24.5 Å². The summed E-state index contributed by atoms with van der Waals surface area (Å²) in [6.07, 6.45) is 4.59. The molecular weight excluding hydrogens is 369 g/mol. The Balaban J connectivity index is 1.50. The molecular formula is C24H26FNO3. The van der Waals surface area contributed by atoms with Crippen molar-refractivity contribution in [1.29, 1.82) is 0 Å². The van der Waals surface area contributed by atoms with Crippen LogP contribution in [0.25, 0.3) is 10.9 Å². The number of fused-ring (bicyclic) bond motifs is 1. The van der Waals surface area contributed by atoms with Gasteiger partial charge in [0.2, 0.25) is 0 Å². The number of aromatic nitrogens is 1. The predicted octanol–water partition coefficient (Wildman–Crippen LogP) is 4.28. The van der Waals surface area contributed by atoms with Crippen molar-refractivity contribution in [2.45, 2.75) is 56.5 Å². The van der Waals surface area contributed by atoms with Crippen molar-refractivity contribution in [3.63, 3.8) is 0 Å². The summed E-state index contributed by atoms with van der Waals surface area (Å²) in [5.74, 6) is 0.471. The summed E-state index contributed by atoms with van der Waals surface area (Å²) < 4.78 is 22.7. The molecule has 3 unspecified atom stereocenters. The molecule has 1 saturated heterocycles. The van der Waals surface area contributed by atoms with E-state index in [1.807, 2.05) is 16.8 Å². The third kappa shape index (κ3) is 3.70. The van der Waals surface area contributed by atoms with Crippen molar-refractivity contribution in [2.24, 2.45) is 0 Å². The lowest BCUT2D eigenvalue weighted by Crippen LogP contribution is -2.35. The largest absolute Gasteiger partial charge is 0.394 e.